The quantitative estimate of drug-likeness (QED) is 0.180. The fourth-order valence-corrected chi connectivity index (χ4v) is 2.45. The summed E-state index contributed by atoms with van der Waals surface area (Å²) in [5.74, 6) is 0.566. The molecule has 0 aromatic rings. The Bertz CT molecular complexity index is 245. The second-order valence-electron chi connectivity index (χ2n) is 3.77. The summed E-state index contributed by atoms with van der Waals surface area (Å²) in [6, 6.07) is 0. The molecular formula is C10H21NaO4S2. The third-order valence-corrected chi connectivity index (χ3v) is 3.72. The van der Waals surface area contributed by atoms with E-state index in [1.165, 1.54) is 38.5 Å². The molecule has 0 spiro atoms. The molecule has 0 aromatic carbocycles. The van der Waals surface area contributed by atoms with Crippen LogP contribution in [0.2, 0.25) is 0 Å². The van der Waals surface area contributed by atoms with Crippen LogP contribution in [0.5, 0.6) is 0 Å². The van der Waals surface area contributed by atoms with Gasteiger partial charge in [-0.25, -0.2) is 12.0 Å². The van der Waals surface area contributed by atoms with Crippen LogP contribution in [0.4, 0.5) is 0 Å². The zero-order valence-corrected chi connectivity index (χ0v) is 14.4. The van der Waals surface area contributed by atoms with E-state index < -0.39 is 10.4 Å². The molecule has 0 amide bonds. The Hall–Kier alpha value is 1.22. The van der Waals surface area contributed by atoms with E-state index in [9.17, 15) is 13.0 Å². The van der Waals surface area contributed by atoms with Gasteiger partial charge in [0.25, 0.3) is 0 Å². The number of rotatable bonds is 11. The molecule has 0 N–H and O–H groups in total. The van der Waals surface area contributed by atoms with E-state index in [2.05, 4.69) is 10.6 Å². The van der Waals surface area contributed by atoms with Gasteiger partial charge >= 0.3 is 29.6 Å². The third-order valence-electron chi connectivity index (χ3n) is 2.21. The Morgan fingerprint density at radius 3 is 1.94 bits per heavy atom. The van der Waals surface area contributed by atoms with Crippen LogP contribution in [0, 0.1) is 0 Å². The summed E-state index contributed by atoms with van der Waals surface area (Å²) in [6.07, 6.45) is 9.55. The van der Waals surface area contributed by atoms with Gasteiger partial charge < -0.3 is 4.55 Å². The van der Waals surface area contributed by atoms with Crippen LogP contribution in [-0.2, 0) is 14.0 Å². The third kappa shape index (κ3) is 19.7. The van der Waals surface area contributed by atoms with Crippen LogP contribution in [-0.4, -0.2) is 18.7 Å². The zero-order valence-electron chi connectivity index (χ0n) is 10.8. The van der Waals surface area contributed by atoms with Crippen molar-refractivity contribution in [2.24, 2.45) is 0 Å². The van der Waals surface area contributed by atoms with E-state index in [0.29, 0.717) is 5.75 Å². The topological polar surface area (TPSA) is 66.4 Å². The molecule has 0 fully saturated rings. The summed E-state index contributed by atoms with van der Waals surface area (Å²) >= 11 is 0.732. The molecule has 0 radical (unpaired) electrons. The Balaban J connectivity index is 0. The minimum Gasteiger partial charge on any atom is -0.725 e. The van der Waals surface area contributed by atoms with Gasteiger partial charge in [-0.05, 0) is 6.42 Å². The normalized spacial score (nSPS) is 11.2. The molecule has 0 aliphatic heterocycles. The van der Waals surface area contributed by atoms with Crippen molar-refractivity contribution in [3.63, 3.8) is 0 Å². The average molecular weight is 292 g/mol. The van der Waals surface area contributed by atoms with E-state index in [1.807, 2.05) is 0 Å². The molecule has 0 atom stereocenters. The molecule has 0 aliphatic rings. The van der Waals surface area contributed by atoms with Crippen molar-refractivity contribution < 1.29 is 46.2 Å². The minimum absolute atomic E-state index is 0. The second kappa shape index (κ2) is 13.6. The molecule has 0 saturated heterocycles. The van der Waals surface area contributed by atoms with Crippen molar-refractivity contribution in [2.45, 2.75) is 58.3 Å². The molecule has 0 unspecified atom stereocenters. The van der Waals surface area contributed by atoms with Crippen molar-refractivity contribution in [3.8, 4) is 0 Å². The maximum Gasteiger partial charge on any atom is 1.00 e. The van der Waals surface area contributed by atoms with Gasteiger partial charge in [-0.15, -0.1) is 0 Å². The van der Waals surface area contributed by atoms with Gasteiger partial charge in [0.1, 0.15) is 0 Å². The Morgan fingerprint density at radius 2 is 1.47 bits per heavy atom. The largest absolute Gasteiger partial charge is 1.00 e. The first kappa shape index (κ1) is 20.5. The van der Waals surface area contributed by atoms with Gasteiger partial charge in [0.05, 0.1) is 0 Å². The van der Waals surface area contributed by atoms with Crippen molar-refractivity contribution in [1.82, 2.24) is 0 Å². The van der Waals surface area contributed by atoms with Gasteiger partial charge in [-0.1, -0.05) is 51.9 Å². The Labute approximate surface area is 132 Å². The number of unbranched alkanes of at least 4 members (excludes halogenated alkanes) is 7. The summed E-state index contributed by atoms with van der Waals surface area (Å²) in [6.45, 7) is 2.20. The summed E-state index contributed by atoms with van der Waals surface area (Å²) in [5.41, 5.74) is 0. The van der Waals surface area contributed by atoms with E-state index in [-0.39, 0.29) is 29.6 Å². The molecule has 0 aromatic heterocycles. The van der Waals surface area contributed by atoms with Crippen LogP contribution in [0.15, 0.2) is 0 Å². The zero-order chi connectivity index (χ0) is 12.3. The van der Waals surface area contributed by atoms with E-state index >= 15 is 0 Å². The fraction of sp³-hybridized carbons (Fsp3) is 1.00. The standard InChI is InChI=1S/C10H22O4S2.Na/c1-2-3-4-5-6-7-8-9-10-15-14-16(11,12)13;/h2-10H2,1H3,(H,11,12,13);/q;+1/p-1. The van der Waals surface area contributed by atoms with Crippen molar-refractivity contribution in [2.75, 3.05) is 5.75 Å². The van der Waals surface area contributed by atoms with Crippen LogP contribution in [0.25, 0.3) is 0 Å². The maximum absolute atomic E-state index is 10.1. The molecule has 17 heavy (non-hydrogen) atoms. The minimum atomic E-state index is -4.52. The summed E-state index contributed by atoms with van der Waals surface area (Å²) in [4.78, 5) is 0. The molecule has 0 saturated carbocycles. The van der Waals surface area contributed by atoms with Gasteiger partial charge in [-0.2, -0.15) is 0 Å². The van der Waals surface area contributed by atoms with Crippen molar-refractivity contribution in [1.29, 1.82) is 0 Å². The fourth-order valence-electron chi connectivity index (χ4n) is 1.39. The van der Waals surface area contributed by atoms with E-state index in [1.54, 1.807) is 0 Å². The first-order chi connectivity index (χ1) is 7.56. The van der Waals surface area contributed by atoms with E-state index in [0.717, 1.165) is 24.9 Å². The van der Waals surface area contributed by atoms with Crippen LogP contribution >= 0.6 is 12.0 Å². The Kier molecular flexibility index (Phi) is 16.5. The first-order valence-electron chi connectivity index (χ1n) is 5.83. The van der Waals surface area contributed by atoms with Crippen molar-refractivity contribution >= 4 is 22.4 Å². The molecule has 7 heteroatoms. The van der Waals surface area contributed by atoms with Crippen LogP contribution in [0.1, 0.15) is 58.3 Å². The van der Waals surface area contributed by atoms with Gasteiger partial charge in [0, 0.05) is 17.8 Å². The average Bonchev–Trinajstić information content (AvgIpc) is 2.19. The van der Waals surface area contributed by atoms with E-state index in [4.69, 9.17) is 0 Å². The number of hydrogen-bond donors (Lipinski definition) is 0. The monoisotopic (exact) mass is 292 g/mol. The summed E-state index contributed by atoms with van der Waals surface area (Å²) in [7, 11) is -4.52. The smallest absolute Gasteiger partial charge is 0.725 e. The predicted molar refractivity (Wildman–Crippen MR) is 65.9 cm³/mol. The van der Waals surface area contributed by atoms with Crippen molar-refractivity contribution in [3.05, 3.63) is 0 Å². The molecule has 0 bridgehead atoms. The molecule has 0 rings (SSSR count). The molecular weight excluding hydrogens is 271 g/mol. The van der Waals surface area contributed by atoms with Crippen LogP contribution < -0.4 is 29.6 Å². The van der Waals surface area contributed by atoms with Gasteiger partial charge in [0.2, 0.25) is 10.4 Å². The molecule has 0 heterocycles. The summed E-state index contributed by atoms with van der Waals surface area (Å²) < 4.78 is 34.2. The maximum atomic E-state index is 10.1. The summed E-state index contributed by atoms with van der Waals surface area (Å²) in [5, 5.41) is 0. The second-order valence-corrected chi connectivity index (χ2v) is 5.78. The number of hydrogen-bond acceptors (Lipinski definition) is 5. The van der Waals surface area contributed by atoms with Crippen LogP contribution in [0.3, 0.4) is 0 Å². The molecule has 4 nitrogen and oxygen atoms in total. The molecule has 98 valence electrons. The first-order valence-corrected chi connectivity index (χ1v) is 8.07. The van der Waals surface area contributed by atoms with Gasteiger partial charge in [0.15, 0.2) is 0 Å². The molecule has 0 aliphatic carbocycles. The predicted octanol–water partition coefficient (Wildman–Crippen LogP) is 0.256. The Morgan fingerprint density at radius 1 is 1.00 bits per heavy atom. The SMILES string of the molecule is CCCCCCCCCCSOS(=O)(=O)[O-].[Na+]. The van der Waals surface area contributed by atoms with Gasteiger partial charge in [-0.3, -0.25) is 0 Å².